The Balaban J connectivity index is 1.80. The molecule has 1 unspecified atom stereocenters. The maximum atomic E-state index is 5.71. The molecule has 1 atom stereocenters. The SMILES string of the molecule is Nc1ccc2oc(SC3CCCOC3)nc2c1. The molecular formula is C12H14N2O2S. The van der Waals surface area contributed by atoms with E-state index in [1.54, 1.807) is 11.8 Å². The van der Waals surface area contributed by atoms with Crippen LogP contribution in [0.15, 0.2) is 27.8 Å². The average molecular weight is 250 g/mol. The second-order valence-corrected chi connectivity index (χ2v) is 5.42. The normalized spacial score (nSPS) is 20.8. The summed E-state index contributed by atoms with van der Waals surface area (Å²) in [5, 5.41) is 1.16. The zero-order valence-corrected chi connectivity index (χ0v) is 10.2. The minimum Gasteiger partial charge on any atom is -0.431 e. The van der Waals surface area contributed by atoms with Crippen LogP contribution < -0.4 is 5.73 Å². The standard InChI is InChI=1S/C12H14N2O2S/c13-8-3-4-11-10(6-8)14-12(16-11)17-9-2-1-5-15-7-9/h3-4,6,9H,1-2,5,7,13H2. The second-order valence-electron chi connectivity index (χ2n) is 4.16. The molecule has 0 aliphatic carbocycles. The van der Waals surface area contributed by atoms with Crippen molar-refractivity contribution in [3.8, 4) is 0 Å². The van der Waals surface area contributed by atoms with Crippen molar-refractivity contribution in [2.45, 2.75) is 23.3 Å². The molecule has 1 aliphatic heterocycles. The number of nitrogens with zero attached hydrogens (tertiary/aromatic N) is 1. The molecule has 2 N–H and O–H groups in total. The van der Waals surface area contributed by atoms with E-state index in [4.69, 9.17) is 14.9 Å². The van der Waals surface area contributed by atoms with Crippen LogP contribution in [0.1, 0.15) is 12.8 Å². The lowest BCUT2D eigenvalue weighted by Crippen LogP contribution is -2.19. The minimum atomic E-state index is 0.453. The number of thioether (sulfide) groups is 1. The van der Waals surface area contributed by atoms with Gasteiger partial charge in [0.25, 0.3) is 5.22 Å². The highest BCUT2D eigenvalue weighted by molar-refractivity contribution is 7.99. The van der Waals surface area contributed by atoms with Crippen LogP contribution in [0, 0.1) is 0 Å². The molecule has 4 nitrogen and oxygen atoms in total. The van der Waals surface area contributed by atoms with Gasteiger partial charge in [0.15, 0.2) is 5.58 Å². The number of aromatic nitrogens is 1. The summed E-state index contributed by atoms with van der Waals surface area (Å²) >= 11 is 1.65. The number of ether oxygens (including phenoxy) is 1. The fourth-order valence-electron chi connectivity index (χ4n) is 1.92. The number of hydrogen-bond acceptors (Lipinski definition) is 5. The van der Waals surface area contributed by atoms with Gasteiger partial charge in [-0.1, -0.05) is 11.8 Å². The molecule has 2 aromatic rings. The van der Waals surface area contributed by atoms with Gasteiger partial charge in [-0.3, -0.25) is 0 Å². The highest BCUT2D eigenvalue weighted by Gasteiger charge is 2.18. The highest BCUT2D eigenvalue weighted by Crippen LogP contribution is 2.30. The molecule has 0 saturated carbocycles. The first-order valence-electron chi connectivity index (χ1n) is 5.72. The zero-order valence-electron chi connectivity index (χ0n) is 9.39. The van der Waals surface area contributed by atoms with Gasteiger partial charge in [0, 0.05) is 17.5 Å². The van der Waals surface area contributed by atoms with Crippen LogP contribution in [0.3, 0.4) is 0 Å². The van der Waals surface area contributed by atoms with Gasteiger partial charge < -0.3 is 14.9 Å². The summed E-state index contributed by atoms with van der Waals surface area (Å²) in [5.74, 6) is 0. The van der Waals surface area contributed by atoms with E-state index >= 15 is 0 Å². The quantitative estimate of drug-likeness (QED) is 0.830. The topological polar surface area (TPSA) is 61.3 Å². The number of rotatable bonds is 2. The number of fused-ring (bicyclic) bond motifs is 1. The molecule has 17 heavy (non-hydrogen) atoms. The number of nitrogens with two attached hydrogens (primary N) is 1. The predicted molar refractivity (Wildman–Crippen MR) is 68.1 cm³/mol. The van der Waals surface area contributed by atoms with Gasteiger partial charge in [-0.2, -0.15) is 0 Å². The molecule has 1 aliphatic rings. The molecule has 0 spiro atoms. The van der Waals surface area contributed by atoms with Crippen LogP contribution >= 0.6 is 11.8 Å². The first kappa shape index (κ1) is 10.9. The Morgan fingerprint density at radius 1 is 1.41 bits per heavy atom. The number of benzene rings is 1. The van der Waals surface area contributed by atoms with Gasteiger partial charge in [-0.05, 0) is 31.0 Å². The van der Waals surface area contributed by atoms with Crippen molar-refractivity contribution >= 4 is 28.5 Å². The van der Waals surface area contributed by atoms with Crippen molar-refractivity contribution in [3.63, 3.8) is 0 Å². The van der Waals surface area contributed by atoms with Gasteiger partial charge in [0.1, 0.15) is 5.52 Å². The van der Waals surface area contributed by atoms with Gasteiger partial charge >= 0.3 is 0 Å². The molecule has 0 amide bonds. The summed E-state index contributed by atoms with van der Waals surface area (Å²) in [6.45, 7) is 1.66. The maximum Gasteiger partial charge on any atom is 0.257 e. The third kappa shape index (κ3) is 2.40. The number of anilines is 1. The highest BCUT2D eigenvalue weighted by atomic mass is 32.2. The van der Waals surface area contributed by atoms with Crippen LogP contribution in [0.5, 0.6) is 0 Å². The van der Waals surface area contributed by atoms with E-state index in [1.165, 1.54) is 0 Å². The summed E-state index contributed by atoms with van der Waals surface area (Å²) in [6.07, 6.45) is 2.27. The van der Waals surface area contributed by atoms with Crippen LogP contribution in [0.2, 0.25) is 0 Å². The van der Waals surface area contributed by atoms with Crippen molar-refractivity contribution in [3.05, 3.63) is 18.2 Å². The monoisotopic (exact) mass is 250 g/mol. The molecule has 0 radical (unpaired) electrons. The number of hydrogen-bond donors (Lipinski definition) is 1. The van der Waals surface area contributed by atoms with E-state index in [2.05, 4.69) is 4.98 Å². The van der Waals surface area contributed by atoms with E-state index in [0.717, 1.165) is 37.2 Å². The number of nitrogen functional groups attached to an aromatic ring is 1. The average Bonchev–Trinajstić information content (AvgIpc) is 2.71. The Kier molecular flexibility index (Phi) is 2.94. The first-order chi connectivity index (χ1) is 8.31. The third-order valence-corrected chi connectivity index (χ3v) is 3.86. The maximum absolute atomic E-state index is 5.71. The van der Waals surface area contributed by atoms with E-state index in [1.807, 2.05) is 18.2 Å². The predicted octanol–water partition coefficient (Wildman–Crippen LogP) is 2.68. The molecule has 3 rings (SSSR count). The van der Waals surface area contributed by atoms with Crippen molar-refractivity contribution in [1.82, 2.24) is 4.98 Å². The lowest BCUT2D eigenvalue weighted by Gasteiger charge is -2.19. The number of oxazole rings is 1. The van der Waals surface area contributed by atoms with Crippen LogP contribution in [0.4, 0.5) is 5.69 Å². The van der Waals surface area contributed by atoms with E-state index < -0.39 is 0 Å². The Morgan fingerprint density at radius 2 is 2.35 bits per heavy atom. The van der Waals surface area contributed by atoms with Crippen molar-refractivity contribution in [2.75, 3.05) is 18.9 Å². The van der Waals surface area contributed by atoms with Gasteiger partial charge in [-0.15, -0.1) is 0 Å². The molecule has 1 fully saturated rings. The molecule has 0 bridgehead atoms. The van der Waals surface area contributed by atoms with Crippen molar-refractivity contribution < 1.29 is 9.15 Å². The Morgan fingerprint density at radius 3 is 3.18 bits per heavy atom. The van der Waals surface area contributed by atoms with Crippen molar-refractivity contribution in [1.29, 1.82) is 0 Å². The molecule has 5 heteroatoms. The van der Waals surface area contributed by atoms with E-state index in [9.17, 15) is 0 Å². The molecule has 1 aromatic carbocycles. The first-order valence-corrected chi connectivity index (χ1v) is 6.60. The Bertz CT molecular complexity index is 520. The fourth-order valence-corrected chi connectivity index (χ4v) is 2.94. The largest absolute Gasteiger partial charge is 0.431 e. The fraction of sp³-hybridized carbons (Fsp3) is 0.417. The summed E-state index contributed by atoms with van der Waals surface area (Å²) in [5.41, 5.74) is 8.03. The van der Waals surface area contributed by atoms with E-state index in [-0.39, 0.29) is 0 Å². The lowest BCUT2D eigenvalue weighted by atomic mass is 10.2. The van der Waals surface area contributed by atoms with Crippen LogP contribution in [-0.4, -0.2) is 23.4 Å². The summed E-state index contributed by atoms with van der Waals surface area (Å²) in [7, 11) is 0. The second kappa shape index (κ2) is 4.58. The van der Waals surface area contributed by atoms with Gasteiger partial charge in [0.2, 0.25) is 0 Å². The Hall–Kier alpha value is -1.20. The van der Waals surface area contributed by atoms with Gasteiger partial charge in [0.05, 0.1) is 6.61 Å². The lowest BCUT2D eigenvalue weighted by molar-refractivity contribution is 0.101. The minimum absolute atomic E-state index is 0.453. The molecular weight excluding hydrogens is 236 g/mol. The molecule has 90 valence electrons. The summed E-state index contributed by atoms with van der Waals surface area (Å²) < 4.78 is 11.1. The third-order valence-electron chi connectivity index (χ3n) is 2.78. The zero-order chi connectivity index (χ0) is 11.7. The molecule has 2 heterocycles. The van der Waals surface area contributed by atoms with Gasteiger partial charge in [-0.25, -0.2) is 4.98 Å². The summed E-state index contributed by atoms with van der Waals surface area (Å²) in [6, 6.07) is 5.52. The smallest absolute Gasteiger partial charge is 0.257 e. The molecule has 1 saturated heterocycles. The summed E-state index contributed by atoms with van der Waals surface area (Å²) in [4.78, 5) is 4.43. The Labute approximate surface area is 104 Å². The van der Waals surface area contributed by atoms with Crippen LogP contribution in [0.25, 0.3) is 11.1 Å². The van der Waals surface area contributed by atoms with Crippen LogP contribution in [-0.2, 0) is 4.74 Å². The van der Waals surface area contributed by atoms with E-state index in [0.29, 0.717) is 16.2 Å². The molecule has 1 aromatic heterocycles. The van der Waals surface area contributed by atoms with Crippen molar-refractivity contribution in [2.24, 2.45) is 0 Å².